The van der Waals surface area contributed by atoms with Gasteiger partial charge in [0, 0.05) is 50.2 Å². The summed E-state index contributed by atoms with van der Waals surface area (Å²) in [5.74, 6) is 0.564. The maximum absolute atomic E-state index is 12.3. The van der Waals surface area contributed by atoms with Crippen molar-refractivity contribution in [2.24, 2.45) is 17.8 Å². The fourth-order valence-electron chi connectivity index (χ4n) is 6.78. The number of likely N-dealkylation sites (N-methyl/N-ethyl adjacent to an activating group) is 1. The number of hydrogen-bond donors (Lipinski definition) is 1. The summed E-state index contributed by atoms with van der Waals surface area (Å²) in [6.07, 6.45) is 1.98. The van der Waals surface area contributed by atoms with E-state index in [-0.39, 0.29) is 23.7 Å². The predicted molar refractivity (Wildman–Crippen MR) is 160 cm³/mol. The summed E-state index contributed by atoms with van der Waals surface area (Å²) >= 11 is 1.62. The monoisotopic (exact) mass is 574 g/mol. The molecule has 2 saturated heterocycles. The fourth-order valence-corrected chi connectivity index (χ4v) is 7.62. The standard InChI is InChI=1S/C32H38N4O4S/c1-3-35-13-12-34(18-29(35)37)15-22-8-9-25(21(2)14-22)19-40-28-7-5-4-6-26(28)27-20-41-32(33-27)36-16-23-10-11-24(17-36)30(23)31(38)39/h4-9,14,20,23-24,30H,3,10-13,15-19H2,1-2H3,(H,38,39)/t23-,24?,30?/m0/s1. The lowest BCUT2D eigenvalue weighted by molar-refractivity contribution is -0.144. The number of rotatable bonds is 9. The van der Waals surface area contributed by atoms with Gasteiger partial charge in [-0.3, -0.25) is 14.5 Å². The smallest absolute Gasteiger partial charge is 0.307 e. The zero-order chi connectivity index (χ0) is 28.5. The number of hydrogen-bond acceptors (Lipinski definition) is 7. The van der Waals surface area contributed by atoms with Crippen molar-refractivity contribution in [3.63, 3.8) is 0 Å². The second-order valence-corrected chi connectivity index (χ2v) is 12.4. The molecule has 1 saturated carbocycles. The number of fused-ring (bicyclic) bond motifs is 2. The molecule has 8 nitrogen and oxygen atoms in total. The molecule has 2 bridgehead atoms. The summed E-state index contributed by atoms with van der Waals surface area (Å²) in [4.78, 5) is 35.4. The van der Waals surface area contributed by atoms with Gasteiger partial charge in [-0.15, -0.1) is 11.3 Å². The Morgan fingerprint density at radius 1 is 1.12 bits per heavy atom. The van der Waals surface area contributed by atoms with E-state index in [0.717, 1.165) is 79.8 Å². The van der Waals surface area contributed by atoms with Crippen LogP contribution in [0.3, 0.4) is 0 Å². The second-order valence-electron chi connectivity index (χ2n) is 11.6. The van der Waals surface area contributed by atoms with Crippen molar-refractivity contribution in [2.75, 3.05) is 44.2 Å². The lowest BCUT2D eigenvalue weighted by Crippen LogP contribution is -2.49. The minimum absolute atomic E-state index is 0.206. The Morgan fingerprint density at radius 2 is 1.90 bits per heavy atom. The average molecular weight is 575 g/mol. The molecule has 6 rings (SSSR count). The van der Waals surface area contributed by atoms with E-state index in [0.29, 0.717) is 13.2 Å². The Labute approximate surface area is 245 Å². The van der Waals surface area contributed by atoms with Crippen LogP contribution in [0.5, 0.6) is 5.75 Å². The van der Waals surface area contributed by atoms with Crippen LogP contribution in [-0.2, 0) is 22.7 Å². The number of benzene rings is 2. The molecule has 1 aromatic heterocycles. The van der Waals surface area contributed by atoms with Crippen molar-refractivity contribution in [1.82, 2.24) is 14.8 Å². The number of para-hydroxylation sites is 1. The number of anilines is 1. The molecule has 0 spiro atoms. The molecule has 3 fully saturated rings. The molecule has 9 heteroatoms. The number of nitrogens with zero attached hydrogens (tertiary/aromatic N) is 4. The maximum atomic E-state index is 12.3. The van der Waals surface area contributed by atoms with E-state index in [9.17, 15) is 14.7 Å². The number of piperazine rings is 1. The fraction of sp³-hybridized carbons (Fsp3) is 0.469. The average Bonchev–Trinajstić information content (AvgIpc) is 3.56. The van der Waals surface area contributed by atoms with E-state index in [1.54, 1.807) is 11.3 Å². The molecule has 3 aromatic rings. The molecule has 2 unspecified atom stereocenters. The molecule has 1 aliphatic carbocycles. The van der Waals surface area contributed by atoms with Crippen LogP contribution in [0.4, 0.5) is 5.13 Å². The van der Waals surface area contributed by atoms with Gasteiger partial charge in [-0.25, -0.2) is 4.98 Å². The molecule has 3 heterocycles. The van der Waals surface area contributed by atoms with Crippen molar-refractivity contribution in [2.45, 2.75) is 39.8 Å². The SMILES string of the molecule is CCN1CCN(Cc2ccc(COc3ccccc3-c3csc(N4CC5CC[C@@H](C4)C5C(=O)O)n3)c(C)c2)CC1=O. The van der Waals surface area contributed by atoms with E-state index in [1.807, 2.05) is 36.1 Å². The van der Waals surface area contributed by atoms with E-state index >= 15 is 0 Å². The van der Waals surface area contributed by atoms with Gasteiger partial charge in [0.1, 0.15) is 12.4 Å². The molecule has 1 N–H and O–H groups in total. The van der Waals surface area contributed by atoms with E-state index in [4.69, 9.17) is 9.72 Å². The number of carbonyl (C=O) groups excluding carboxylic acids is 1. The summed E-state index contributed by atoms with van der Waals surface area (Å²) in [6.45, 7) is 9.86. The van der Waals surface area contributed by atoms with Gasteiger partial charge in [-0.1, -0.05) is 30.3 Å². The zero-order valence-corrected chi connectivity index (χ0v) is 24.6. The Balaban J connectivity index is 1.10. The van der Waals surface area contributed by atoms with Crippen LogP contribution < -0.4 is 9.64 Å². The Bertz CT molecular complexity index is 1410. The second kappa shape index (κ2) is 11.8. The number of carboxylic acid groups (broad SMARTS) is 1. The minimum atomic E-state index is -0.644. The van der Waals surface area contributed by atoms with E-state index < -0.39 is 5.97 Å². The summed E-state index contributed by atoms with van der Waals surface area (Å²) in [5.41, 5.74) is 5.36. The van der Waals surface area contributed by atoms with Crippen LogP contribution in [0.2, 0.25) is 0 Å². The van der Waals surface area contributed by atoms with Crippen LogP contribution in [0.15, 0.2) is 47.8 Å². The summed E-state index contributed by atoms with van der Waals surface area (Å²) < 4.78 is 6.35. The van der Waals surface area contributed by atoms with Crippen LogP contribution in [0.25, 0.3) is 11.3 Å². The van der Waals surface area contributed by atoms with Crippen molar-refractivity contribution in [1.29, 1.82) is 0 Å². The molecule has 2 aliphatic heterocycles. The molecule has 3 aliphatic rings. The number of carboxylic acids is 1. The van der Waals surface area contributed by atoms with E-state index in [2.05, 4.69) is 40.3 Å². The summed E-state index contributed by atoms with van der Waals surface area (Å²) in [7, 11) is 0. The van der Waals surface area contributed by atoms with Gasteiger partial charge in [-0.2, -0.15) is 0 Å². The van der Waals surface area contributed by atoms with Crippen LogP contribution >= 0.6 is 11.3 Å². The van der Waals surface area contributed by atoms with Crippen molar-refractivity contribution < 1.29 is 19.4 Å². The number of amides is 1. The third kappa shape index (κ3) is 5.83. The van der Waals surface area contributed by atoms with Gasteiger partial charge in [0.05, 0.1) is 18.2 Å². The highest BCUT2D eigenvalue weighted by Gasteiger charge is 2.46. The first-order valence-electron chi connectivity index (χ1n) is 14.6. The van der Waals surface area contributed by atoms with Gasteiger partial charge in [0.15, 0.2) is 5.13 Å². The zero-order valence-electron chi connectivity index (χ0n) is 23.8. The van der Waals surface area contributed by atoms with Gasteiger partial charge in [0.2, 0.25) is 5.91 Å². The Kier molecular flexibility index (Phi) is 7.99. The lowest BCUT2D eigenvalue weighted by Gasteiger charge is -2.35. The normalized spacial score (nSPS) is 22.8. The first-order chi connectivity index (χ1) is 19.9. The number of aliphatic carboxylic acids is 1. The third-order valence-corrected chi connectivity index (χ3v) is 9.92. The third-order valence-electron chi connectivity index (χ3n) is 9.02. The Hall–Kier alpha value is -3.43. The number of thiazole rings is 1. The summed E-state index contributed by atoms with van der Waals surface area (Å²) in [6, 6.07) is 14.5. The van der Waals surface area contributed by atoms with Crippen LogP contribution in [0.1, 0.15) is 36.5 Å². The molecule has 1 amide bonds. The number of aryl methyl sites for hydroxylation is 1. The van der Waals surface area contributed by atoms with Crippen molar-refractivity contribution in [3.8, 4) is 17.0 Å². The number of aromatic nitrogens is 1. The molecule has 41 heavy (non-hydrogen) atoms. The highest BCUT2D eigenvalue weighted by molar-refractivity contribution is 7.14. The maximum Gasteiger partial charge on any atom is 0.307 e. The number of ether oxygens (including phenoxy) is 1. The van der Waals surface area contributed by atoms with Gasteiger partial charge < -0.3 is 19.6 Å². The summed E-state index contributed by atoms with van der Waals surface area (Å²) in [5, 5.41) is 12.7. The first-order valence-corrected chi connectivity index (χ1v) is 15.5. The topological polar surface area (TPSA) is 86.2 Å². The Morgan fingerprint density at radius 3 is 2.61 bits per heavy atom. The van der Waals surface area contributed by atoms with Gasteiger partial charge in [0.25, 0.3) is 0 Å². The predicted octanol–water partition coefficient (Wildman–Crippen LogP) is 4.91. The highest BCUT2D eigenvalue weighted by Crippen LogP contribution is 2.44. The van der Waals surface area contributed by atoms with Crippen molar-refractivity contribution >= 4 is 28.3 Å². The highest BCUT2D eigenvalue weighted by atomic mass is 32.1. The van der Waals surface area contributed by atoms with E-state index in [1.165, 1.54) is 11.1 Å². The first kappa shape index (κ1) is 27.7. The number of piperidine rings is 1. The molecule has 0 radical (unpaired) electrons. The van der Waals surface area contributed by atoms with Crippen LogP contribution in [0, 0.1) is 24.7 Å². The molecule has 2 aromatic carbocycles. The lowest BCUT2D eigenvalue weighted by atomic mass is 9.85. The van der Waals surface area contributed by atoms with Crippen LogP contribution in [-0.4, -0.2) is 71.0 Å². The largest absolute Gasteiger partial charge is 0.488 e. The quantitative estimate of drug-likeness (QED) is 0.389. The van der Waals surface area contributed by atoms with Gasteiger partial charge in [-0.05, 0) is 67.3 Å². The van der Waals surface area contributed by atoms with Gasteiger partial charge >= 0.3 is 5.97 Å². The number of carbonyl (C=O) groups is 2. The molecular weight excluding hydrogens is 536 g/mol. The molecule has 3 atom stereocenters. The van der Waals surface area contributed by atoms with Crippen molar-refractivity contribution in [3.05, 3.63) is 64.5 Å². The molecule has 216 valence electrons. The molecular formula is C32H38N4O4S. The minimum Gasteiger partial charge on any atom is -0.488 e.